The van der Waals surface area contributed by atoms with Crippen molar-refractivity contribution in [2.75, 3.05) is 0 Å². The van der Waals surface area contributed by atoms with Crippen LogP contribution in [0, 0.1) is 0 Å². The standard InChI is InChI=1S/C5H2F7N3/c6-3(7,4(8,9)10)5(11,12)15-2-13-1-14-15/h1-2H. The lowest BCUT2D eigenvalue weighted by Crippen LogP contribution is -2.53. The number of alkyl halides is 7. The van der Waals surface area contributed by atoms with Gasteiger partial charge in [0.25, 0.3) is 0 Å². The highest BCUT2D eigenvalue weighted by Gasteiger charge is 2.74. The van der Waals surface area contributed by atoms with E-state index in [-0.39, 0.29) is 6.33 Å². The van der Waals surface area contributed by atoms with Crippen LogP contribution in [0.25, 0.3) is 0 Å². The maximum atomic E-state index is 12.7. The Bertz CT molecular complexity index is 327. The van der Waals surface area contributed by atoms with Crippen molar-refractivity contribution in [1.29, 1.82) is 0 Å². The van der Waals surface area contributed by atoms with Crippen molar-refractivity contribution in [1.82, 2.24) is 14.8 Å². The van der Waals surface area contributed by atoms with E-state index in [1.165, 1.54) is 0 Å². The largest absolute Gasteiger partial charge is 0.462 e. The minimum atomic E-state index is -6.37. The molecule has 86 valence electrons. The summed E-state index contributed by atoms with van der Waals surface area (Å²) in [6.07, 6.45) is -5.89. The number of hydrogen-bond donors (Lipinski definition) is 0. The Hall–Kier alpha value is -1.35. The van der Waals surface area contributed by atoms with Gasteiger partial charge in [0.15, 0.2) is 0 Å². The molecule has 1 heterocycles. The highest BCUT2D eigenvalue weighted by molar-refractivity contribution is 4.87. The van der Waals surface area contributed by atoms with Gasteiger partial charge in [0, 0.05) is 0 Å². The quantitative estimate of drug-likeness (QED) is 0.736. The van der Waals surface area contributed by atoms with Crippen LogP contribution in [0.5, 0.6) is 0 Å². The molecule has 0 bridgehead atoms. The van der Waals surface area contributed by atoms with Crippen LogP contribution in [-0.2, 0) is 6.05 Å². The average molecular weight is 237 g/mol. The lowest BCUT2D eigenvalue weighted by Gasteiger charge is -2.27. The summed E-state index contributed by atoms with van der Waals surface area (Å²) < 4.78 is 84.0. The van der Waals surface area contributed by atoms with Gasteiger partial charge in [0.2, 0.25) is 0 Å². The smallest absolute Gasteiger partial charge is 0.223 e. The monoisotopic (exact) mass is 237 g/mol. The SMILES string of the molecule is FC(F)(F)C(F)(F)C(F)(F)n1cncn1. The van der Waals surface area contributed by atoms with E-state index in [4.69, 9.17) is 0 Å². The molecule has 0 spiro atoms. The second kappa shape index (κ2) is 3.07. The van der Waals surface area contributed by atoms with Crippen molar-refractivity contribution in [3.8, 4) is 0 Å². The zero-order valence-corrected chi connectivity index (χ0v) is 6.64. The lowest BCUT2D eigenvalue weighted by molar-refractivity contribution is -0.383. The van der Waals surface area contributed by atoms with Crippen LogP contribution in [-0.4, -0.2) is 26.9 Å². The average Bonchev–Trinajstić information content (AvgIpc) is 2.53. The van der Waals surface area contributed by atoms with Crippen molar-refractivity contribution in [2.45, 2.75) is 18.1 Å². The summed E-state index contributed by atoms with van der Waals surface area (Å²) in [5, 5.41) is 2.54. The Morgan fingerprint density at radius 3 is 1.80 bits per heavy atom. The fourth-order valence-electron chi connectivity index (χ4n) is 0.668. The third-order valence-corrected chi connectivity index (χ3v) is 1.44. The topological polar surface area (TPSA) is 30.7 Å². The number of hydrogen-bond acceptors (Lipinski definition) is 2. The molecule has 0 saturated heterocycles. The summed E-state index contributed by atoms with van der Waals surface area (Å²) in [7, 11) is 0. The highest BCUT2D eigenvalue weighted by Crippen LogP contribution is 2.48. The van der Waals surface area contributed by atoms with Crippen molar-refractivity contribution in [2.24, 2.45) is 0 Å². The highest BCUT2D eigenvalue weighted by atomic mass is 19.4. The van der Waals surface area contributed by atoms with Gasteiger partial charge in [-0.3, -0.25) is 0 Å². The van der Waals surface area contributed by atoms with E-state index in [0.717, 1.165) is 0 Å². The number of halogens is 7. The fourth-order valence-corrected chi connectivity index (χ4v) is 0.668. The summed E-state index contributed by atoms with van der Waals surface area (Å²) in [5.74, 6) is -6.21. The molecule has 0 aliphatic carbocycles. The van der Waals surface area contributed by atoms with Crippen LogP contribution >= 0.6 is 0 Å². The summed E-state index contributed by atoms with van der Waals surface area (Å²) >= 11 is 0. The van der Waals surface area contributed by atoms with Gasteiger partial charge in [-0.25, -0.2) is 4.98 Å². The van der Waals surface area contributed by atoms with E-state index < -0.39 is 22.8 Å². The summed E-state index contributed by atoms with van der Waals surface area (Å²) in [6.45, 7) is 0. The molecule has 0 fully saturated rings. The van der Waals surface area contributed by atoms with E-state index >= 15 is 0 Å². The Kier molecular flexibility index (Phi) is 2.40. The van der Waals surface area contributed by atoms with E-state index in [9.17, 15) is 30.7 Å². The predicted octanol–water partition coefficient (Wildman–Crippen LogP) is 2.02. The van der Waals surface area contributed by atoms with Crippen LogP contribution in [0.1, 0.15) is 0 Å². The molecule has 1 aromatic heterocycles. The molecule has 0 amide bonds. The number of nitrogens with zero attached hydrogens (tertiary/aromatic N) is 3. The predicted molar refractivity (Wildman–Crippen MR) is 31.2 cm³/mol. The van der Waals surface area contributed by atoms with E-state index in [0.29, 0.717) is 6.33 Å². The molecule has 0 unspecified atom stereocenters. The molecule has 15 heavy (non-hydrogen) atoms. The molecule has 0 atom stereocenters. The van der Waals surface area contributed by atoms with Crippen LogP contribution in [0.15, 0.2) is 12.7 Å². The maximum Gasteiger partial charge on any atom is 0.462 e. The van der Waals surface area contributed by atoms with Crippen LogP contribution in [0.2, 0.25) is 0 Å². The molecule has 0 aromatic carbocycles. The minimum Gasteiger partial charge on any atom is -0.223 e. The Morgan fingerprint density at radius 1 is 0.933 bits per heavy atom. The van der Waals surface area contributed by atoms with Gasteiger partial charge in [0.1, 0.15) is 12.7 Å². The maximum absolute atomic E-state index is 12.7. The lowest BCUT2D eigenvalue weighted by atomic mass is 10.3. The molecule has 3 nitrogen and oxygen atoms in total. The molecule has 0 N–H and O–H groups in total. The van der Waals surface area contributed by atoms with Gasteiger partial charge in [-0.05, 0) is 0 Å². The minimum absolute atomic E-state index is 0.0691. The molecule has 0 aliphatic rings. The first-order valence-electron chi connectivity index (χ1n) is 3.28. The van der Waals surface area contributed by atoms with Crippen molar-refractivity contribution in [3.63, 3.8) is 0 Å². The Balaban J connectivity index is 3.17. The molecule has 0 aliphatic heterocycles. The second-order valence-corrected chi connectivity index (χ2v) is 2.45. The van der Waals surface area contributed by atoms with Crippen molar-refractivity contribution >= 4 is 0 Å². The summed E-state index contributed by atoms with van der Waals surface area (Å²) in [4.78, 5) is 2.86. The Morgan fingerprint density at radius 2 is 1.47 bits per heavy atom. The number of aromatic nitrogens is 3. The van der Waals surface area contributed by atoms with Crippen LogP contribution in [0.4, 0.5) is 30.7 Å². The molecule has 0 saturated carbocycles. The van der Waals surface area contributed by atoms with Crippen molar-refractivity contribution in [3.05, 3.63) is 12.7 Å². The van der Waals surface area contributed by atoms with Gasteiger partial charge in [0.05, 0.1) is 0 Å². The normalized spacial score (nSPS) is 14.3. The van der Waals surface area contributed by atoms with E-state index in [1.54, 1.807) is 0 Å². The first-order chi connectivity index (χ1) is 6.61. The zero-order valence-electron chi connectivity index (χ0n) is 6.64. The van der Waals surface area contributed by atoms with Crippen LogP contribution in [0.3, 0.4) is 0 Å². The summed E-state index contributed by atoms with van der Waals surface area (Å²) in [6, 6.07) is -5.51. The zero-order chi connectivity index (χ0) is 11.9. The van der Waals surface area contributed by atoms with Gasteiger partial charge >= 0.3 is 18.1 Å². The molecule has 1 aromatic rings. The molecule has 10 heteroatoms. The summed E-state index contributed by atoms with van der Waals surface area (Å²) in [5.41, 5.74) is 0. The molecular weight excluding hydrogens is 235 g/mol. The third kappa shape index (κ3) is 1.63. The van der Waals surface area contributed by atoms with Crippen molar-refractivity contribution < 1.29 is 30.7 Å². The Labute approximate surface area is 77.5 Å². The van der Waals surface area contributed by atoms with Gasteiger partial charge < -0.3 is 0 Å². The molecular formula is C5H2F7N3. The first-order valence-corrected chi connectivity index (χ1v) is 3.28. The molecule has 1 rings (SSSR count). The van der Waals surface area contributed by atoms with E-state index in [2.05, 4.69) is 10.1 Å². The first kappa shape index (κ1) is 11.7. The van der Waals surface area contributed by atoms with Gasteiger partial charge in [-0.15, -0.1) is 0 Å². The number of rotatable bonds is 2. The fraction of sp³-hybridized carbons (Fsp3) is 0.600. The van der Waals surface area contributed by atoms with Gasteiger partial charge in [-0.1, -0.05) is 0 Å². The second-order valence-electron chi connectivity index (χ2n) is 2.45. The van der Waals surface area contributed by atoms with Gasteiger partial charge in [-0.2, -0.15) is 40.5 Å². The third-order valence-electron chi connectivity index (χ3n) is 1.44. The van der Waals surface area contributed by atoms with E-state index in [1.807, 2.05) is 0 Å². The molecule has 0 radical (unpaired) electrons. The van der Waals surface area contributed by atoms with Crippen LogP contribution < -0.4 is 0 Å².